The molecule has 16 heavy (non-hydrogen) atoms. The summed E-state index contributed by atoms with van der Waals surface area (Å²) in [5.41, 5.74) is 5.78. The van der Waals surface area contributed by atoms with Crippen LogP contribution >= 0.6 is 0 Å². The highest BCUT2D eigenvalue weighted by atomic mass is 16.2. The van der Waals surface area contributed by atoms with E-state index < -0.39 is 5.54 Å². The van der Waals surface area contributed by atoms with Crippen molar-refractivity contribution < 1.29 is 4.79 Å². The van der Waals surface area contributed by atoms with Crippen molar-refractivity contribution in [2.45, 2.75) is 57.9 Å². The molecule has 0 aromatic heterocycles. The fraction of sp³-hybridized carbons (Fsp3) is 0.923. The summed E-state index contributed by atoms with van der Waals surface area (Å²) in [5, 5.41) is 3.07. The molecule has 2 aliphatic carbocycles. The van der Waals surface area contributed by atoms with Gasteiger partial charge in [-0.2, -0.15) is 0 Å². The number of hydrogen-bond acceptors (Lipinski definition) is 2. The molecule has 0 aromatic carbocycles. The number of nitrogens with one attached hydrogen (secondary N) is 1. The number of hydrogen-bond donors (Lipinski definition) is 2. The molecule has 2 rings (SSSR count). The molecule has 1 atom stereocenters. The normalized spacial score (nSPS) is 25.9. The summed E-state index contributed by atoms with van der Waals surface area (Å²) in [7, 11) is 0. The molecule has 0 bridgehead atoms. The van der Waals surface area contributed by atoms with Crippen LogP contribution in [-0.4, -0.2) is 18.0 Å². The lowest BCUT2D eigenvalue weighted by atomic mass is 9.95. The first-order chi connectivity index (χ1) is 7.50. The molecule has 0 radical (unpaired) electrons. The number of nitrogens with two attached hydrogens (primary N) is 1. The molecule has 3 heteroatoms. The summed E-state index contributed by atoms with van der Waals surface area (Å²) >= 11 is 0. The van der Waals surface area contributed by atoms with E-state index in [0.29, 0.717) is 5.41 Å². The summed E-state index contributed by atoms with van der Waals surface area (Å²) < 4.78 is 0. The standard InChI is InChI=1S/C13H24N2O/c1-3-6-12(2,14)11(16)15-9-13(7-8-13)10-4-5-10/h10H,3-9,14H2,1-2H3,(H,15,16). The van der Waals surface area contributed by atoms with Crippen LogP contribution in [0.4, 0.5) is 0 Å². The molecular formula is C13H24N2O. The van der Waals surface area contributed by atoms with E-state index in [9.17, 15) is 4.79 Å². The van der Waals surface area contributed by atoms with E-state index in [-0.39, 0.29) is 5.91 Å². The lowest BCUT2D eigenvalue weighted by molar-refractivity contribution is -0.126. The van der Waals surface area contributed by atoms with Gasteiger partial charge < -0.3 is 11.1 Å². The molecule has 2 fully saturated rings. The van der Waals surface area contributed by atoms with Crippen LogP contribution in [0.25, 0.3) is 0 Å². The Bertz CT molecular complexity index is 278. The molecular weight excluding hydrogens is 200 g/mol. The maximum Gasteiger partial charge on any atom is 0.239 e. The molecule has 1 unspecified atom stereocenters. The SMILES string of the molecule is CCCC(C)(N)C(=O)NCC1(C2CC2)CC1. The van der Waals surface area contributed by atoms with Crippen LogP contribution in [0.3, 0.4) is 0 Å². The van der Waals surface area contributed by atoms with Gasteiger partial charge in [0.2, 0.25) is 5.91 Å². The van der Waals surface area contributed by atoms with Crippen molar-refractivity contribution in [1.82, 2.24) is 5.32 Å². The van der Waals surface area contributed by atoms with Gasteiger partial charge in [0.25, 0.3) is 0 Å². The Hall–Kier alpha value is -0.570. The van der Waals surface area contributed by atoms with Crippen molar-refractivity contribution in [2.75, 3.05) is 6.54 Å². The fourth-order valence-corrected chi connectivity index (χ4v) is 2.68. The summed E-state index contributed by atoms with van der Waals surface area (Å²) in [4.78, 5) is 11.9. The summed E-state index contributed by atoms with van der Waals surface area (Å²) in [5.74, 6) is 0.921. The molecule has 0 spiro atoms. The van der Waals surface area contributed by atoms with Crippen LogP contribution in [0.5, 0.6) is 0 Å². The summed E-state index contributed by atoms with van der Waals surface area (Å²) in [6.07, 6.45) is 7.04. The van der Waals surface area contributed by atoms with Gasteiger partial charge in [-0.1, -0.05) is 13.3 Å². The molecule has 92 valence electrons. The minimum absolute atomic E-state index is 0.0290. The van der Waals surface area contributed by atoms with Gasteiger partial charge in [0.15, 0.2) is 0 Å². The largest absolute Gasteiger partial charge is 0.354 e. The zero-order valence-corrected chi connectivity index (χ0v) is 10.5. The van der Waals surface area contributed by atoms with Gasteiger partial charge in [-0.25, -0.2) is 0 Å². The summed E-state index contributed by atoms with van der Waals surface area (Å²) in [6.45, 7) is 4.75. The lowest BCUT2D eigenvalue weighted by Crippen LogP contribution is -2.52. The van der Waals surface area contributed by atoms with Crippen molar-refractivity contribution in [3.8, 4) is 0 Å². The topological polar surface area (TPSA) is 55.1 Å². The molecule has 2 aliphatic rings. The first-order valence-corrected chi connectivity index (χ1v) is 6.57. The Kier molecular flexibility index (Phi) is 2.99. The Morgan fingerprint density at radius 2 is 2.12 bits per heavy atom. The Morgan fingerprint density at radius 1 is 1.50 bits per heavy atom. The molecule has 3 nitrogen and oxygen atoms in total. The van der Waals surface area contributed by atoms with Crippen molar-refractivity contribution in [3.63, 3.8) is 0 Å². The number of amides is 1. The predicted octanol–water partition coefficient (Wildman–Crippen LogP) is 1.81. The number of carbonyl (C=O) groups is 1. The van der Waals surface area contributed by atoms with Crippen LogP contribution in [0.1, 0.15) is 52.4 Å². The maximum absolute atomic E-state index is 11.9. The van der Waals surface area contributed by atoms with Crippen LogP contribution in [0.15, 0.2) is 0 Å². The van der Waals surface area contributed by atoms with Gasteiger partial charge in [-0.15, -0.1) is 0 Å². The smallest absolute Gasteiger partial charge is 0.239 e. The highest BCUT2D eigenvalue weighted by Crippen LogP contribution is 2.60. The molecule has 1 amide bonds. The van der Waals surface area contributed by atoms with E-state index in [1.807, 2.05) is 6.92 Å². The van der Waals surface area contributed by atoms with Gasteiger partial charge in [0.05, 0.1) is 5.54 Å². The first-order valence-electron chi connectivity index (χ1n) is 6.57. The van der Waals surface area contributed by atoms with E-state index in [1.165, 1.54) is 25.7 Å². The molecule has 0 saturated heterocycles. The van der Waals surface area contributed by atoms with Gasteiger partial charge >= 0.3 is 0 Å². The lowest BCUT2D eigenvalue weighted by Gasteiger charge is -2.24. The van der Waals surface area contributed by atoms with E-state index in [1.54, 1.807) is 0 Å². The third-order valence-electron chi connectivity index (χ3n) is 4.22. The fourth-order valence-electron chi connectivity index (χ4n) is 2.68. The third-order valence-corrected chi connectivity index (χ3v) is 4.22. The minimum Gasteiger partial charge on any atom is -0.354 e. The van der Waals surface area contributed by atoms with Gasteiger partial charge in [0.1, 0.15) is 0 Å². The second-order valence-electron chi connectivity index (χ2n) is 5.99. The zero-order chi connectivity index (χ0) is 11.8. The van der Waals surface area contributed by atoms with Crippen molar-refractivity contribution in [2.24, 2.45) is 17.1 Å². The minimum atomic E-state index is -0.686. The molecule has 0 heterocycles. The second kappa shape index (κ2) is 4.02. The Balaban J connectivity index is 1.79. The van der Waals surface area contributed by atoms with Crippen molar-refractivity contribution >= 4 is 5.91 Å². The third kappa shape index (κ3) is 2.40. The van der Waals surface area contributed by atoms with Gasteiger partial charge in [0, 0.05) is 6.54 Å². The van der Waals surface area contributed by atoms with Gasteiger partial charge in [-0.3, -0.25) is 4.79 Å². The van der Waals surface area contributed by atoms with Crippen LogP contribution in [0, 0.1) is 11.3 Å². The number of carbonyl (C=O) groups excluding carboxylic acids is 1. The average Bonchev–Trinajstić information content (AvgIpc) is 3.05. The molecule has 0 aliphatic heterocycles. The monoisotopic (exact) mass is 224 g/mol. The van der Waals surface area contributed by atoms with Crippen LogP contribution in [0.2, 0.25) is 0 Å². The van der Waals surface area contributed by atoms with Crippen molar-refractivity contribution in [1.29, 1.82) is 0 Å². The Morgan fingerprint density at radius 3 is 2.56 bits per heavy atom. The van der Waals surface area contributed by atoms with E-state index in [4.69, 9.17) is 5.73 Å². The zero-order valence-electron chi connectivity index (χ0n) is 10.5. The highest BCUT2D eigenvalue weighted by Gasteiger charge is 2.53. The maximum atomic E-state index is 11.9. The molecule has 2 saturated carbocycles. The summed E-state index contributed by atoms with van der Waals surface area (Å²) in [6, 6.07) is 0. The molecule has 0 aromatic rings. The van der Waals surface area contributed by atoms with E-state index in [2.05, 4.69) is 12.2 Å². The van der Waals surface area contributed by atoms with Crippen molar-refractivity contribution in [3.05, 3.63) is 0 Å². The quantitative estimate of drug-likeness (QED) is 0.723. The Labute approximate surface area is 98.2 Å². The highest BCUT2D eigenvalue weighted by molar-refractivity contribution is 5.85. The second-order valence-corrected chi connectivity index (χ2v) is 5.99. The van der Waals surface area contributed by atoms with E-state index >= 15 is 0 Å². The predicted molar refractivity (Wildman–Crippen MR) is 64.9 cm³/mol. The first kappa shape index (κ1) is 11.9. The van der Waals surface area contributed by atoms with E-state index in [0.717, 1.165) is 25.3 Å². The molecule has 3 N–H and O–H groups in total. The van der Waals surface area contributed by atoms with Crippen LogP contribution < -0.4 is 11.1 Å². The van der Waals surface area contributed by atoms with Gasteiger partial charge in [-0.05, 0) is 50.4 Å². The number of rotatable bonds is 6. The average molecular weight is 224 g/mol. The van der Waals surface area contributed by atoms with Crippen LogP contribution in [-0.2, 0) is 4.79 Å².